The van der Waals surface area contributed by atoms with E-state index in [0.717, 1.165) is 15.6 Å². The van der Waals surface area contributed by atoms with Gasteiger partial charge in [-0.3, -0.25) is 0 Å². The normalized spacial score (nSPS) is 10.8. The van der Waals surface area contributed by atoms with Gasteiger partial charge in [0, 0.05) is 16.3 Å². The highest BCUT2D eigenvalue weighted by Crippen LogP contribution is 2.31. The number of hydrogen-bond donors (Lipinski definition) is 0. The first-order valence-corrected chi connectivity index (χ1v) is 9.47. The number of halogens is 2. The van der Waals surface area contributed by atoms with E-state index >= 15 is 0 Å². The SMILES string of the molecule is COc1ccc(F)cc1CSc1nn(-c2ccc(Cl)cc2)c(=S)s1. The lowest BCUT2D eigenvalue weighted by atomic mass is 10.2. The van der Waals surface area contributed by atoms with Gasteiger partial charge in [-0.05, 0) is 54.7 Å². The fourth-order valence-corrected chi connectivity index (χ4v) is 4.53. The Morgan fingerprint density at radius 3 is 2.75 bits per heavy atom. The van der Waals surface area contributed by atoms with E-state index in [1.165, 1.54) is 35.2 Å². The highest BCUT2D eigenvalue weighted by Gasteiger charge is 2.10. The molecule has 0 amide bonds. The Kier molecular flexibility index (Phi) is 5.55. The largest absolute Gasteiger partial charge is 0.496 e. The molecule has 0 aliphatic rings. The van der Waals surface area contributed by atoms with Gasteiger partial charge in [0.1, 0.15) is 11.6 Å². The van der Waals surface area contributed by atoms with E-state index in [9.17, 15) is 4.39 Å². The average molecular weight is 399 g/mol. The molecule has 0 spiro atoms. The summed E-state index contributed by atoms with van der Waals surface area (Å²) < 4.78 is 21.8. The van der Waals surface area contributed by atoms with E-state index in [1.807, 2.05) is 12.1 Å². The maximum absolute atomic E-state index is 13.4. The van der Waals surface area contributed by atoms with Crippen LogP contribution in [-0.2, 0) is 5.75 Å². The lowest BCUT2D eigenvalue weighted by molar-refractivity contribution is 0.410. The smallest absolute Gasteiger partial charge is 0.184 e. The van der Waals surface area contributed by atoms with Crippen molar-refractivity contribution in [2.24, 2.45) is 0 Å². The Morgan fingerprint density at radius 2 is 2.04 bits per heavy atom. The molecule has 3 rings (SSSR count). The third-order valence-corrected chi connectivity index (χ3v) is 5.86. The summed E-state index contributed by atoms with van der Waals surface area (Å²) in [6.07, 6.45) is 0. The minimum absolute atomic E-state index is 0.286. The zero-order valence-corrected chi connectivity index (χ0v) is 15.7. The van der Waals surface area contributed by atoms with Crippen LogP contribution in [0.25, 0.3) is 5.69 Å². The molecule has 0 radical (unpaired) electrons. The molecule has 3 aromatic rings. The van der Waals surface area contributed by atoms with Crippen LogP contribution in [0.2, 0.25) is 5.02 Å². The third kappa shape index (κ3) is 3.97. The van der Waals surface area contributed by atoms with E-state index in [4.69, 9.17) is 28.6 Å². The Morgan fingerprint density at radius 1 is 1.29 bits per heavy atom. The van der Waals surface area contributed by atoms with Crippen molar-refractivity contribution in [3.05, 3.63) is 62.8 Å². The number of thioether (sulfide) groups is 1. The molecule has 1 heterocycles. The first-order valence-electron chi connectivity index (χ1n) is 6.88. The molecule has 124 valence electrons. The Labute approximate surface area is 157 Å². The summed E-state index contributed by atoms with van der Waals surface area (Å²) in [7, 11) is 1.57. The Balaban J connectivity index is 1.80. The van der Waals surface area contributed by atoms with Crippen LogP contribution in [0.15, 0.2) is 46.8 Å². The van der Waals surface area contributed by atoms with E-state index in [2.05, 4.69) is 5.10 Å². The molecule has 0 atom stereocenters. The van der Waals surface area contributed by atoms with Crippen LogP contribution >= 0.6 is 46.9 Å². The van der Waals surface area contributed by atoms with Gasteiger partial charge >= 0.3 is 0 Å². The van der Waals surface area contributed by atoms with Crippen molar-refractivity contribution in [3.8, 4) is 11.4 Å². The second-order valence-electron chi connectivity index (χ2n) is 4.77. The highest BCUT2D eigenvalue weighted by molar-refractivity contribution is 8.00. The molecule has 0 aliphatic heterocycles. The van der Waals surface area contributed by atoms with Crippen LogP contribution in [0.5, 0.6) is 5.75 Å². The van der Waals surface area contributed by atoms with Gasteiger partial charge in [0.25, 0.3) is 0 Å². The molecule has 0 bridgehead atoms. The summed E-state index contributed by atoms with van der Waals surface area (Å²) in [6, 6.07) is 11.8. The van der Waals surface area contributed by atoms with Crippen LogP contribution < -0.4 is 4.74 Å². The molecular weight excluding hydrogens is 387 g/mol. The summed E-state index contributed by atoms with van der Waals surface area (Å²) in [5, 5.41) is 5.18. The van der Waals surface area contributed by atoms with Gasteiger partial charge in [0.15, 0.2) is 8.29 Å². The topological polar surface area (TPSA) is 27.1 Å². The molecule has 8 heteroatoms. The molecule has 0 unspecified atom stereocenters. The molecule has 0 fully saturated rings. The van der Waals surface area contributed by atoms with Gasteiger partial charge in [-0.15, -0.1) is 5.10 Å². The van der Waals surface area contributed by atoms with Crippen molar-refractivity contribution in [1.29, 1.82) is 0 Å². The molecule has 2 aromatic carbocycles. The fourth-order valence-electron chi connectivity index (χ4n) is 2.06. The zero-order valence-electron chi connectivity index (χ0n) is 12.5. The first-order chi connectivity index (χ1) is 11.6. The predicted octanol–water partition coefficient (Wildman–Crippen LogP) is 5.76. The Hall–Kier alpha value is -1.41. The van der Waals surface area contributed by atoms with E-state index in [-0.39, 0.29) is 5.82 Å². The van der Waals surface area contributed by atoms with Crippen LogP contribution in [0.3, 0.4) is 0 Å². The monoisotopic (exact) mass is 398 g/mol. The number of benzene rings is 2. The molecule has 1 aromatic heterocycles. The van der Waals surface area contributed by atoms with Crippen LogP contribution in [-0.4, -0.2) is 16.9 Å². The van der Waals surface area contributed by atoms with Gasteiger partial charge in [-0.1, -0.05) is 34.7 Å². The summed E-state index contributed by atoms with van der Waals surface area (Å²) in [4.78, 5) is 0. The van der Waals surface area contributed by atoms with Crippen molar-refractivity contribution in [2.45, 2.75) is 10.1 Å². The summed E-state index contributed by atoms with van der Waals surface area (Å²) >= 11 is 14.2. The molecule has 0 saturated carbocycles. The quantitative estimate of drug-likeness (QED) is 0.403. The number of aromatic nitrogens is 2. The first kappa shape index (κ1) is 17.4. The van der Waals surface area contributed by atoms with Crippen LogP contribution in [0.4, 0.5) is 4.39 Å². The number of nitrogens with zero attached hydrogens (tertiary/aromatic N) is 2. The van der Waals surface area contributed by atoms with Crippen molar-refractivity contribution in [2.75, 3.05) is 7.11 Å². The van der Waals surface area contributed by atoms with Crippen LogP contribution in [0.1, 0.15) is 5.56 Å². The number of hydrogen-bond acceptors (Lipinski definition) is 5. The van der Waals surface area contributed by atoms with Gasteiger partial charge in [0.05, 0.1) is 12.8 Å². The van der Waals surface area contributed by atoms with Crippen molar-refractivity contribution < 1.29 is 9.13 Å². The average Bonchev–Trinajstić information content (AvgIpc) is 2.95. The highest BCUT2D eigenvalue weighted by atomic mass is 35.5. The predicted molar refractivity (Wildman–Crippen MR) is 99.8 cm³/mol. The maximum atomic E-state index is 13.4. The molecule has 24 heavy (non-hydrogen) atoms. The van der Waals surface area contributed by atoms with Gasteiger partial charge < -0.3 is 4.74 Å². The number of rotatable bonds is 5. The summed E-state index contributed by atoms with van der Waals surface area (Å²) in [5.74, 6) is 0.916. The van der Waals surface area contributed by atoms with E-state index in [1.54, 1.807) is 30.0 Å². The second-order valence-corrected chi connectivity index (χ2v) is 8.05. The molecular formula is C16H12ClFN2OS3. The summed E-state index contributed by atoms with van der Waals surface area (Å²) in [6.45, 7) is 0. The summed E-state index contributed by atoms with van der Waals surface area (Å²) in [5.41, 5.74) is 1.64. The van der Waals surface area contributed by atoms with Gasteiger partial charge in [-0.2, -0.15) is 0 Å². The van der Waals surface area contributed by atoms with E-state index in [0.29, 0.717) is 20.5 Å². The molecule has 0 aliphatic carbocycles. The lowest BCUT2D eigenvalue weighted by Gasteiger charge is -2.07. The number of methoxy groups -OCH3 is 1. The van der Waals surface area contributed by atoms with Crippen molar-refractivity contribution >= 4 is 46.9 Å². The molecule has 3 nitrogen and oxygen atoms in total. The maximum Gasteiger partial charge on any atom is 0.184 e. The standard InChI is InChI=1S/C16H12ClFN2OS3/c1-21-14-7-4-12(18)8-10(14)9-23-15-19-20(16(22)24-15)13-5-2-11(17)3-6-13/h2-8H,9H2,1H3. The third-order valence-electron chi connectivity index (χ3n) is 3.19. The second kappa shape index (κ2) is 7.65. The zero-order chi connectivity index (χ0) is 17.1. The fraction of sp³-hybridized carbons (Fsp3) is 0.125. The van der Waals surface area contributed by atoms with Crippen LogP contribution in [0, 0.1) is 9.77 Å². The minimum atomic E-state index is -0.286. The molecule has 0 N–H and O–H groups in total. The molecule has 0 saturated heterocycles. The van der Waals surface area contributed by atoms with E-state index < -0.39 is 0 Å². The minimum Gasteiger partial charge on any atom is -0.496 e. The van der Waals surface area contributed by atoms with Crippen molar-refractivity contribution in [3.63, 3.8) is 0 Å². The van der Waals surface area contributed by atoms with Crippen molar-refractivity contribution in [1.82, 2.24) is 9.78 Å². The van der Waals surface area contributed by atoms with Gasteiger partial charge in [0.2, 0.25) is 0 Å². The van der Waals surface area contributed by atoms with Gasteiger partial charge in [-0.25, -0.2) is 9.07 Å². The number of ether oxygens (including phenoxy) is 1. The Bertz CT molecular complexity index is 908. The lowest BCUT2D eigenvalue weighted by Crippen LogP contribution is -1.96.